The molecule has 86 valence electrons. The van der Waals surface area contributed by atoms with Crippen LogP contribution >= 0.6 is 11.8 Å². The molecule has 0 saturated heterocycles. The maximum absolute atomic E-state index is 6.03. The Balaban J connectivity index is 2.82. The minimum absolute atomic E-state index is 0.102. The second-order valence-electron chi connectivity index (χ2n) is 4.42. The smallest absolute Gasteiger partial charge is 0.0949 e. The molecule has 1 atom stereocenters. The van der Waals surface area contributed by atoms with Gasteiger partial charge >= 0.3 is 0 Å². The second kappa shape index (κ2) is 5.03. The summed E-state index contributed by atoms with van der Waals surface area (Å²) in [6.45, 7) is 7.52. The molecule has 1 rings (SSSR count). The van der Waals surface area contributed by atoms with Gasteiger partial charge in [0.1, 0.15) is 0 Å². The number of thioether (sulfide) groups is 1. The molecule has 0 radical (unpaired) electrons. The standard InChI is InChI=1S/C11H21N3S/c1-5-9(12)10-6-13-8-14(10)7-11(2,3)15-4/h6,8-9H,5,7,12H2,1-4H3/t9-/m1/s1. The number of nitrogens with zero attached hydrogens (tertiary/aromatic N) is 2. The van der Waals surface area contributed by atoms with E-state index >= 15 is 0 Å². The van der Waals surface area contributed by atoms with Crippen molar-refractivity contribution >= 4 is 11.8 Å². The Bertz CT molecular complexity index is 307. The van der Waals surface area contributed by atoms with Crippen LogP contribution in [0.3, 0.4) is 0 Å². The Morgan fingerprint density at radius 2 is 2.27 bits per heavy atom. The summed E-state index contributed by atoms with van der Waals surface area (Å²) in [6, 6.07) is 0.102. The summed E-state index contributed by atoms with van der Waals surface area (Å²) < 4.78 is 2.40. The van der Waals surface area contributed by atoms with Crippen LogP contribution in [0.2, 0.25) is 0 Å². The topological polar surface area (TPSA) is 43.8 Å². The van der Waals surface area contributed by atoms with Gasteiger partial charge < -0.3 is 10.3 Å². The molecule has 1 aromatic rings. The first-order chi connectivity index (χ1) is 7.00. The third kappa shape index (κ3) is 3.24. The summed E-state index contributed by atoms with van der Waals surface area (Å²) in [4.78, 5) is 4.18. The van der Waals surface area contributed by atoms with Crippen molar-refractivity contribution in [1.82, 2.24) is 9.55 Å². The molecule has 0 unspecified atom stereocenters. The van der Waals surface area contributed by atoms with E-state index in [2.05, 4.69) is 36.6 Å². The lowest BCUT2D eigenvalue weighted by Crippen LogP contribution is -2.25. The number of hydrogen-bond acceptors (Lipinski definition) is 3. The molecule has 0 aliphatic carbocycles. The number of rotatable bonds is 5. The highest BCUT2D eigenvalue weighted by Crippen LogP contribution is 2.25. The van der Waals surface area contributed by atoms with Gasteiger partial charge in [0, 0.05) is 23.5 Å². The van der Waals surface area contributed by atoms with Gasteiger partial charge in [-0.25, -0.2) is 4.98 Å². The van der Waals surface area contributed by atoms with Crippen molar-refractivity contribution < 1.29 is 0 Å². The molecule has 0 bridgehead atoms. The van der Waals surface area contributed by atoms with E-state index in [0.29, 0.717) is 0 Å². The summed E-state index contributed by atoms with van der Waals surface area (Å²) in [5.74, 6) is 0. The van der Waals surface area contributed by atoms with Crippen molar-refractivity contribution in [3.8, 4) is 0 Å². The van der Waals surface area contributed by atoms with Gasteiger partial charge in [-0.3, -0.25) is 0 Å². The minimum atomic E-state index is 0.102. The van der Waals surface area contributed by atoms with Crippen LogP contribution in [0, 0.1) is 0 Å². The van der Waals surface area contributed by atoms with Gasteiger partial charge in [0.25, 0.3) is 0 Å². The molecule has 0 fully saturated rings. The van der Waals surface area contributed by atoms with Crippen molar-refractivity contribution in [1.29, 1.82) is 0 Å². The highest BCUT2D eigenvalue weighted by atomic mass is 32.2. The first-order valence-corrected chi connectivity index (χ1v) is 6.53. The molecular weight excluding hydrogens is 206 g/mol. The van der Waals surface area contributed by atoms with Crippen LogP contribution in [0.25, 0.3) is 0 Å². The normalized spacial score (nSPS) is 14.2. The predicted octanol–water partition coefficient (Wildman–Crippen LogP) is 2.43. The number of imidazole rings is 1. The van der Waals surface area contributed by atoms with Crippen LogP contribution in [-0.2, 0) is 6.54 Å². The maximum Gasteiger partial charge on any atom is 0.0949 e. The zero-order chi connectivity index (χ0) is 11.5. The molecule has 0 spiro atoms. The lowest BCUT2D eigenvalue weighted by molar-refractivity contribution is 0.524. The molecule has 0 saturated carbocycles. The van der Waals surface area contributed by atoms with Crippen molar-refractivity contribution in [2.24, 2.45) is 5.73 Å². The van der Waals surface area contributed by atoms with E-state index in [1.165, 1.54) is 0 Å². The largest absolute Gasteiger partial charge is 0.332 e. The van der Waals surface area contributed by atoms with Gasteiger partial charge in [-0.15, -0.1) is 0 Å². The van der Waals surface area contributed by atoms with E-state index in [4.69, 9.17) is 5.73 Å². The number of hydrogen-bond donors (Lipinski definition) is 1. The fourth-order valence-electron chi connectivity index (χ4n) is 1.46. The van der Waals surface area contributed by atoms with Crippen LogP contribution in [0.15, 0.2) is 12.5 Å². The third-order valence-electron chi connectivity index (χ3n) is 2.67. The van der Waals surface area contributed by atoms with E-state index in [-0.39, 0.29) is 10.8 Å². The molecule has 4 heteroatoms. The second-order valence-corrected chi connectivity index (χ2v) is 5.94. The highest BCUT2D eigenvalue weighted by molar-refractivity contribution is 7.99. The summed E-state index contributed by atoms with van der Waals surface area (Å²) in [5.41, 5.74) is 7.17. The third-order valence-corrected chi connectivity index (χ3v) is 3.90. The van der Waals surface area contributed by atoms with Crippen LogP contribution < -0.4 is 5.73 Å². The Hall–Kier alpha value is -0.480. The van der Waals surface area contributed by atoms with Gasteiger partial charge in [-0.1, -0.05) is 6.92 Å². The molecule has 1 heterocycles. The van der Waals surface area contributed by atoms with E-state index in [1.807, 2.05) is 24.3 Å². The van der Waals surface area contributed by atoms with Gasteiger partial charge in [-0.2, -0.15) is 11.8 Å². The summed E-state index contributed by atoms with van der Waals surface area (Å²) in [7, 11) is 0. The van der Waals surface area contributed by atoms with E-state index in [1.54, 1.807) is 0 Å². The zero-order valence-electron chi connectivity index (χ0n) is 10.0. The molecule has 1 aromatic heterocycles. The van der Waals surface area contributed by atoms with Gasteiger partial charge in [-0.05, 0) is 26.5 Å². The Morgan fingerprint density at radius 1 is 1.60 bits per heavy atom. The molecule has 0 aromatic carbocycles. The lowest BCUT2D eigenvalue weighted by atomic mass is 10.1. The van der Waals surface area contributed by atoms with Crippen LogP contribution in [0.1, 0.15) is 38.9 Å². The number of aromatic nitrogens is 2. The predicted molar refractivity (Wildman–Crippen MR) is 67.0 cm³/mol. The first-order valence-electron chi connectivity index (χ1n) is 5.31. The van der Waals surface area contributed by atoms with Crippen LogP contribution in [0.4, 0.5) is 0 Å². The van der Waals surface area contributed by atoms with E-state index in [9.17, 15) is 0 Å². The highest BCUT2D eigenvalue weighted by Gasteiger charge is 2.19. The van der Waals surface area contributed by atoms with E-state index < -0.39 is 0 Å². The number of nitrogens with two attached hydrogens (primary N) is 1. The molecule has 0 aliphatic heterocycles. The van der Waals surface area contributed by atoms with Gasteiger partial charge in [0.15, 0.2) is 0 Å². The average molecular weight is 227 g/mol. The van der Waals surface area contributed by atoms with Crippen molar-refractivity contribution in [3.63, 3.8) is 0 Å². The summed E-state index contributed by atoms with van der Waals surface area (Å²) >= 11 is 1.86. The van der Waals surface area contributed by atoms with Gasteiger partial charge in [0.05, 0.1) is 12.0 Å². The van der Waals surface area contributed by atoms with Crippen molar-refractivity contribution in [3.05, 3.63) is 18.2 Å². The fourth-order valence-corrected chi connectivity index (χ4v) is 1.72. The van der Waals surface area contributed by atoms with Crippen LogP contribution in [-0.4, -0.2) is 20.6 Å². The monoisotopic (exact) mass is 227 g/mol. The quantitative estimate of drug-likeness (QED) is 0.840. The Kier molecular flexibility index (Phi) is 4.22. The van der Waals surface area contributed by atoms with E-state index in [0.717, 1.165) is 18.7 Å². The Morgan fingerprint density at radius 3 is 2.80 bits per heavy atom. The molecule has 3 nitrogen and oxygen atoms in total. The zero-order valence-corrected chi connectivity index (χ0v) is 10.8. The molecule has 0 aliphatic rings. The lowest BCUT2D eigenvalue weighted by Gasteiger charge is -2.24. The molecular formula is C11H21N3S. The molecule has 0 amide bonds. The summed E-state index contributed by atoms with van der Waals surface area (Å²) in [6.07, 6.45) is 6.84. The van der Waals surface area contributed by atoms with Gasteiger partial charge in [0.2, 0.25) is 0 Å². The van der Waals surface area contributed by atoms with Crippen molar-refractivity contribution in [2.45, 2.75) is 44.5 Å². The molecule has 15 heavy (non-hydrogen) atoms. The maximum atomic E-state index is 6.03. The summed E-state index contributed by atoms with van der Waals surface area (Å²) in [5, 5.41) is 0. The fraction of sp³-hybridized carbons (Fsp3) is 0.727. The SMILES string of the molecule is CC[C@@H](N)c1cncn1CC(C)(C)SC. The average Bonchev–Trinajstić information content (AvgIpc) is 2.64. The first kappa shape index (κ1) is 12.6. The van der Waals surface area contributed by atoms with Crippen LogP contribution in [0.5, 0.6) is 0 Å². The Labute approximate surface area is 96.5 Å². The van der Waals surface area contributed by atoms with Crippen molar-refractivity contribution in [2.75, 3.05) is 6.26 Å². The molecule has 2 N–H and O–H groups in total. The minimum Gasteiger partial charge on any atom is -0.332 e.